The van der Waals surface area contributed by atoms with E-state index in [-0.39, 0.29) is 11.9 Å². The third kappa shape index (κ3) is 2.91. The van der Waals surface area contributed by atoms with Crippen molar-refractivity contribution in [3.63, 3.8) is 0 Å². The van der Waals surface area contributed by atoms with E-state index in [2.05, 4.69) is 37.4 Å². The molecule has 22 heavy (non-hydrogen) atoms. The van der Waals surface area contributed by atoms with Crippen molar-refractivity contribution < 1.29 is 4.79 Å². The van der Waals surface area contributed by atoms with Crippen molar-refractivity contribution in [2.45, 2.75) is 58.5 Å². The first-order valence-corrected chi connectivity index (χ1v) is 8.73. The van der Waals surface area contributed by atoms with E-state index in [1.807, 2.05) is 17.9 Å². The first kappa shape index (κ1) is 15.5. The molecule has 120 valence electrons. The maximum absolute atomic E-state index is 12.8. The van der Waals surface area contributed by atoms with Crippen LogP contribution in [0.5, 0.6) is 0 Å². The molecule has 3 heteroatoms. The molecule has 3 rings (SSSR count). The Labute approximate surface area is 134 Å². The molecular weight excluding hydrogens is 272 g/mol. The van der Waals surface area contributed by atoms with Gasteiger partial charge in [0.25, 0.3) is 0 Å². The molecule has 4 unspecified atom stereocenters. The van der Waals surface area contributed by atoms with Gasteiger partial charge in [0.1, 0.15) is 0 Å². The van der Waals surface area contributed by atoms with Gasteiger partial charge < -0.3 is 10.2 Å². The van der Waals surface area contributed by atoms with Gasteiger partial charge in [0.15, 0.2) is 0 Å². The minimum atomic E-state index is -0.107. The number of carbonyl (C=O) groups excluding carboxylic acids is 1. The number of hydrogen-bond donors (Lipinski definition) is 1. The normalized spacial score (nSPS) is 29.2. The molecule has 4 atom stereocenters. The summed E-state index contributed by atoms with van der Waals surface area (Å²) in [4.78, 5) is 14.8. The molecule has 1 amide bonds. The van der Waals surface area contributed by atoms with E-state index < -0.39 is 0 Å². The highest BCUT2D eigenvalue weighted by Crippen LogP contribution is 2.31. The van der Waals surface area contributed by atoms with Gasteiger partial charge in [-0.25, -0.2) is 0 Å². The number of para-hydroxylation sites is 1. The quantitative estimate of drug-likeness (QED) is 0.928. The minimum absolute atomic E-state index is 0.107. The molecule has 0 spiro atoms. The summed E-state index contributed by atoms with van der Waals surface area (Å²) in [7, 11) is 0. The number of nitrogens with zero attached hydrogens (tertiary/aromatic N) is 1. The number of benzene rings is 1. The van der Waals surface area contributed by atoms with Gasteiger partial charge in [-0.3, -0.25) is 4.79 Å². The average Bonchev–Trinajstić information content (AvgIpc) is 2.95. The first-order valence-electron chi connectivity index (χ1n) is 8.73. The lowest BCUT2D eigenvalue weighted by Gasteiger charge is -2.36. The summed E-state index contributed by atoms with van der Waals surface area (Å²) in [6, 6.07) is 8.64. The number of nitrogens with one attached hydrogen (secondary N) is 1. The summed E-state index contributed by atoms with van der Waals surface area (Å²) in [5.41, 5.74) is 2.40. The highest BCUT2D eigenvalue weighted by molar-refractivity contribution is 5.98. The van der Waals surface area contributed by atoms with Gasteiger partial charge in [-0.15, -0.1) is 0 Å². The monoisotopic (exact) mass is 300 g/mol. The summed E-state index contributed by atoms with van der Waals surface area (Å²) in [5.74, 6) is 1.62. The zero-order valence-electron chi connectivity index (χ0n) is 14.0. The fourth-order valence-corrected chi connectivity index (χ4v) is 4.01. The van der Waals surface area contributed by atoms with Crippen molar-refractivity contribution in [2.75, 3.05) is 11.4 Å². The van der Waals surface area contributed by atoms with Gasteiger partial charge in [0.2, 0.25) is 5.91 Å². The molecule has 2 aliphatic rings. The SMILES string of the molecule is CC(NC1CCCC(C)C1C)C(=O)N1CCc2ccccc21. The van der Waals surface area contributed by atoms with Crippen molar-refractivity contribution in [1.82, 2.24) is 5.32 Å². The maximum atomic E-state index is 12.8. The van der Waals surface area contributed by atoms with Crippen LogP contribution in [0.4, 0.5) is 5.69 Å². The second kappa shape index (κ2) is 6.41. The molecule has 1 aliphatic carbocycles. The molecule has 1 saturated carbocycles. The summed E-state index contributed by atoms with van der Waals surface area (Å²) in [6.07, 6.45) is 4.77. The Bertz CT molecular complexity index is 542. The number of amides is 1. The predicted molar refractivity (Wildman–Crippen MR) is 91.1 cm³/mol. The van der Waals surface area contributed by atoms with Crippen LogP contribution < -0.4 is 10.2 Å². The average molecular weight is 300 g/mol. The van der Waals surface area contributed by atoms with Crippen molar-refractivity contribution in [2.24, 2.45) is 11.8 Å². The molecule has 3 nitrogen and oxygen atoms in total. The summed E-state index contributed by atoms with van der Waals surface area (Å²) >= 11 is 0. The third-order valence-electron chi connectivity index (χ3n) is 5.69. The molecule has 1 aromatic carbocycles. The van der Waals surface area contributed by atoms with E-state index in [0.29, 0.717) is 12.0 Å². The van der Waals surface area contributed by atoms with Crippen LogP contribution in [0.25, 0.3) is 0 Å². The Hall–Kier alpha value is -1.35. The largest absolute Gasteiger partial charge is 0.310 e. The van der Waals surface area contributed by atoms with E-state index in [0.717, 1.165) is 24.6 Å². The Kier molecular flexibility index (Phi) is 4.53. The van der Waals surface area contributed by atoms with Crippen molar-refractivity contribution in [3.8, 4) is 0 Å². The molecule has 0 saturated heterocycles. The number of fused-ring (bicyclic) bond motifs is 1. The molecule has 0 aromatic heterocycles. The van der Waals surface area contributed by atoms with Crippen molar-refractivity contribution >= 4 is 11.6 Å². The Balaban J connectivity index is 1.65. The lowest BCUT2D eigenvalue weighted by Crippen LogP contribution is -2.51. The number of rotatable bonds is 3. The summed E-state index contributed by atoms with van der Waals surface area (Å²) in [5, 5.41) is 3.62. The molecule has 1 N–H and O–H groups in total. The Morgan fingerprint density at radius 3 is 2.86 bits per heavy atom. The molecular formula is C19H28N2O. The van der Waals surface area contributed by atoms with Crippen LogP contribution in [0.3, 0.4) is 0 Å². The van der Waals surface area contributed by atoms with Crippen LogP contribution in [0.15, 0.2) is 24.3 Å². The molecule has 1 fully saturated rings. The standard InChI is InChI=1S/C19H28N2O/c1-13-7-6-9-17(14(13)2)20-15(3)19(22)21-12-11-16-8-4-5-10-18(16)21/h4-5,8,10,13-15,17,20H,6-7,9,11-12H2,1-3H3. The van der Waals surface area contributed by atoms with Gasteiger partial charge in [-0.05, 0) is 43.2 Å². The molecule has 1 aromatic rings. The smallest absolute Gasteiger partial charge is 0.243 e. The van der Waals surface area contributed by atoms with Crippen LogP contribution in [-0.2, 0) is 11.2 Å². The van der Waals surface area contributed by atoms with Gasteiger partial charge in [0, 0.05) is 18.3 Å². The number of carbonyl (C=O) groups is 1. The lowest BCUT2D eigenvalue weighted by molar-refractivity contribution is -0.120. The van der Waals surface area contributed by atoms with E-state index in [4.69, 9.17) is 0 Å². The van der Waals surface area contributed by atoms with E-state index in [1.54, 1.807) is 0 Å². The first-order chi connectivity index (χ1) is 10.6. The second-order valence-corrected chi connectivity index (χ2v) is 7.13. The zero-order chi connectivity index (χ0) is 15.7. The zero-order valence-corrected chi connectivity index (χ0v) is 14.0. The number of anilines is 1. The number of hydrogen-bond acceptors (Lipinski definition) is 2. The lowest BCUT2D eigenvalue weighted by atomic mass is 9.78. The van der Waals surface area contributed by atoms with Crippen LogP contribution in [0, 0.1) is 11.8 Å². The predicted octanol–water partition coefficient (Wildman–Crippen LogP) is 3.38. The van der Waals surface area contributed by atoms with Crippen LogP contribution in [0.1, 0.15) is 45.6 Å². The summed E-state index contributed by atoms with van der Waals surface area (Å²) in [6.45, 7) is 7.50. The highest BCUT2D eigenvalue weighted by Gasteiger charge is 2.32. The molecule has 1 aliphatic heterocycles. The molecule has 0 bridgehead atoms. The van der Waals surface area contributed by atoms with Gasteiger partial charge in [-0.2, -0.15) is 0 Å². The third-order valence-corrected chi connectivity index (χ3v) is 5.69. The van der Waals surface area contributed by atoms with Crippen molar-refractivity contribution in [3.05, 3.63) is 29.8 Å². The van der Waals surface area contributed by atoms with Gasteiger partial charge in [0.05, 0.1) is 6.04 Å². The minimum Gasteiger partial charge on any atom is -0.310 e. The fraction of sp³-hybridized carbons (Fsp3) is 0.632. The van der Waals surface area contributed by atoms with E-state index in [1.165, 1.54) is 24.8 Å². The fourth-order valence-electron chi connectivity index (χ4n) is 4.01. The topological polar surface area (TPSA) is 32.3 Å². The van der Waals surface area contributed by atoms with Crippen molar-refractivity contribution in [1.29, 1.82) is 0 Å². The second-order valence-electron chi connectivity index (χ2n) is 7.13. The molecule has 1 heterocycles. The van der Waals surface area contributed by atoms with Crippen LogP contribution in [0.2, 0.25) is 0 Å². The van der Waals surface area contributed by atoms with Gasteiger partial charge >= 0.3 is 0 Å². The van der Waals surface area contributed by atoms with Crippen LogP contribution in [-0.4, -0.2) is 24.5 Å². The summed E-state index contributed by atoms with van der Waals surface area (Å²) < 4.78 is 0. The Morgan fingerprint density at radius 1 is 1.27 bits per heavy atom. The van der Waals surface area contributed by atoms with E-state index >= 15 is 0 Å². The van der Waals surface area contributed by atoms with Gasteiger partial charge in [-0.1, -0.05) is 44.9 Å². The highest BCUT2D eigenvalue weighted by atomic mass is 16.2. The van der Waals surface area contributed by atoms with Crippen LogP contribution >= 0.6 is 0 Å². The maximum Gasteiger partial charge on any atom is 0.243 e. The Morgan fingerprint density at radius 2 is 2.05 bits per heavy atom. The van der Waals surface area contributed by atoms with E-state index in [9.17, 15) is 4.79 Å². The molecule has 0 radical (unpaired) electrons.